The van der Waals surface area contributed by atoms with Crippen molar-refractivity contribution in [2.75, 3.05) is 6.61 Å². The van der Waals surface area contributed by atoms with Gasteiger partial charge in [-0.2, -0.15) is 0 Å². The molecule has 0 amide bonds. The van der Waals surface area contributed by atoms with Gasteiger partial charge in [0.15, 0.2) is 11.5 Å². The first-order valence-electron chi connectivity index (χ1n) is 6.01. The normalized spacial score (nSPS) is 15.1. The summed E-state index contributed by atoms with van der Waals surface area (Å²) in [6.07, 6.45) is -0.0535. The number of carbonyl (C=O) groups is 4. The van der Waals surface area contributed by atoms with Gasteiger partial charge in [0.1, 0.15) is 5.78 Å². The molecule has 0 aliphatic carbocycles. The Balaban J connectivity index is 5.68. The van der Waals surface area contributed by atoms with Crippen LogP contribution in [0.2, 0.25) is 0 Å². The molecular weight excluding hydrogens is 272 g/mol. The first-order valence-corrected chi connectivity index (χ1v) is 6.01. The van der Waals surface area contributed by atoms with E-state index in [1.54, 1.807) is 6.92 Å². The molecule has 8 heteroatoms. The molecule has 0 fully saturated rings. The summed E-state index contributed by atoms with van der Waals surface area (Å²) in [6.45, 7) is 2.54. The molecule has 0 radical (unpaired) electrons. The number of carboxylic acid groups (broad SMARTS) is 3. The van der Waals surface area contributed by atoms with E-state index in [9.17, 15) is 24.3 Å². The Morgan fingerprint density at radius 3 is 2.00 bits per heavy atom. The lowest BCUT2D eigenvalue weighted by molar-refractivity contribution is -0.189. The monoisotopic (exact) mass is 290 g/mol. The van der Waals surface area contributed by atoms with Crippen LogP contribution >= 0.6 is 0 Å². The number of aliphatic carboxylic acids is 3. The van der Waals surface area contributed by atoms with Gasteiger partial charge in [-0.05, 0) is 13.3 Å². The fraction of sp³-hybridized carbons (Fsp3) is 0.667. The third-order valence-corrected chi connectivity index (χ3v) is 2.75. The standard InChI is InChI=1S/C12H18O8/c1-3-4-5-20-12(11(18)19,6-8(14)15)9(7(2)13)10(16)17/h9H,3-6H2,1-2H3,(H,14,15)(H,16,17)(H,18,19). The van der Waals surface area contributed by atoms with E-state index >= 15 is 0 Å². The molecule has 8 nitrogen and oxygen atoms in total. The Morgan fingerprint density at radius 1 is 1.15 bits per heavy atom. The van der Waals surface area contributed by atoms with E-state index in [0.717, 1.165) is 6.92 Å². The molecule has 0 aliphatic heterocycles. The molecule has 0 aromatic heterocycles. The van der Waals surface area contributed by atoms with E-state index < -0.39 is 41.6 Å². The van der Waals surface area contributed by atoms with Gasteiger partial charge in [0.2, 0.25) is 0 Å². The van der Waals surface area contributed by atoms with Crippen LogP contribution in [0.15, 0.2) is 0 Å². The largest absolute Gasteiger partial charge is 0.481 e. The number of ether oxygens (including phenoxy) is 1. The summed E-state index contributed by atoms with van der Waals surface area (Å²) in [4.78, 5) is 44.8. The van der Waals surface area contributed by atoms with Crippen LogP contribution < -0.4 is 0 Å². The van der Waals surface area contributed by atoms with Gasteiger partial charge in [-0.25, -0.2) is 4.79 Å². The van der Waals surface area contributed by atoms with E-state index in [1.807, 2.05) is 0 Å². The molecule has 0 heterocycles. The van der Waals surface area contributed by atoms with Crippen molar-refractivity contribution in [3.05, 3.63) is 0 Å². The molecule has 2 unspecified atom stereocenters. The molecule has 2 atom stereocenters. The van der Waals surface area contributed by atoms with Gasteiger partial charge in [0, 0.05) is 6.61 Å². The Bertz CT molecular complexity index is 388. The van der Waals surface area contributed by atoms with E-state index in [4.69, 9.17) is 14.9 Å². The van der Waals surface area contributed by atoms with E-state index in [2.05, 4.69) is 0 Å². The van der Waals surface area contributed by atoms with Gasteiger partial charge in [0.05, 0.1) is 6.42 Å². The molecule has 20 heavy (non-hydrogen) atoms. The van der Waals surface area contributed by atoms with Gasteiger partial charge >= 0.3 is 17.9 Å². The van der Waals surface area contributed by atoms with Crippen molar-refractivity contribution in [2.45, 2.75) is 38.7 Å². The number of hydrogen-bond acceptors (Lipinski definition) is 5. The van der Waals surface area contributed by atoms with Crippen molar-refractivity contribution in [1.29, 1.82) is 0 Å². The number of Topliss-reactive ketones (excluding diaryl/α,β-unsaturated/α-hetero) is 1. The van der Waals surface area contributed by atoms with E-state index in [0.29, 0.717) is 12.8 Å². The molecule has 0 aromatic rings. The predicted molar refractivity (Wildman–Crippen MR) is 65.3 cm³/mol. The van der Waals surface area contributed by atoms with Crippen LogP contribution in [0.5, 0.6) is 0 Å². The smallest absolute Gasteiger partial charge is 0.337 e. The maximum Gasteiger partial charge on any atom is 0.337 e. The molecule has 0 bridgehead atoms. The Labute approximate surface area is 115 Å². The van der Waals surface area contributed by atoms with Crippen molar-refractivity contribution in [2.24, 2.45) is 5.92 Å². The highest BCUT2D eigenvalue weighted by atomic mass is 16.5. The van der Waals surface area contributed by atoms with Crippen molar-refractivity contribution in [3.63, 3.8) is 0 Å². The van der Waals surface area contributed by atoms with Gasteiger partial charge in [0.25, 0.3) is 0 Å². The topological polar surface area (TPSA) is 138 Å². The Kier molecular flexibility index (Phi) is 6.84. The highest BCUT2D eigenvalue weighted by Gasteiger charge is 2.55. The minimum Gasteiger partial charge on any atom is -0.481 e. The average molecular weight is 290 g/mol. The van der Waals surface area contributed by atoms with Gasteiger partial charge in [-0.3, -0.25) is 14.4 Å². The second-order valence-corrected chi connectivity index (χ2v) is 4.35. The fourth-order valence-electron chi connectivity index (χ4n) is 1.82. The number of rotatable bonds is 10. The molecule has 0 aromatic carbocycles. The molecular formula is C12H18O8. The summed E-state index contributed by atoms with van der Waals surface area (Å²) in [6, 6.07) is 0. The summed E-state index contributed by atoms with van der Waals surface area (Å²) in [5.41, 5.74) is -2.60. The van der Waals surface area contributed by atoms with Crippen LogP contribution in [-0.4, -0.2) is 51.2 Å². The molecule has 0 saturated heterocycles. The van der Waals surface area contributed by atoms with Crippen LogP contribution in [0, 0.1) is 5.92 Å². The summed E-state index contributed by atoms with van der Waals surface area (Å²) >= 11 is 0. The SMILES string of the molecule is CCCCOC(CC(=O)O)(C(=O)O)C(C(C)=O)C(=O)O. The predicted octanol–water partition coefficient (Wildman–Crippen LogP) is 0.391. The lowest BCUT2D eigenvalue weighted by Crippen LogP contribution is -2.55. The minimum atomic E-state index is -2.60. The zero-order valence-electron chi connectivity index (χ0n) is 11.3. The number of unbranched alkanes of at least 4 members (excludes halogenated alkanes) is 1. The quantitative estimate of drug-likeness (QED) is 0.388. The summed E-state index contributed by atoms with van der Waals surface area (Å²) < 4.78 is 5.05. The fourth-order valence-corrected chi connectivity index (χ4v) is 1.82. The number of carbonyl (C=O) groups excluding carboxylic acids is 1. The maximum atomic E-state index is 11.4. The van der Waals surface area contributed by atoms with Crippen LogP contribution in [0.3, 0.4) is 0 Å². The molecule has 0 saturated carbocycles. The number of ketones is 1. The van der Waals surface area contributed by atoms with E-state index in [1.165, 1.54) is 0 Å². The number of hydrogen-bond donors (Lipinski definition) is 3. The lowest BCUT2D eigenvalue weighted by Gasteiger charge is -2.32. The molecule has 3 N–H and O–H groups in total. The second-order valence-electron chi connectivity index (χ2n) is 4.35. The van der Waals surface area contributed by atoms with Gasteiger partial charge in [-0.1, -0.05) is 13.3 Å². The number of carboxylic acids is 3. The highest BCUT2D eigenvalue weighted by molar-refractivity contribution is 6.04. The van der Waals surface area contributed by atoms with Crippen LogP contribution in [0.4, 0.5) is 0 Å². The van der Waals surface area contributed by atoms with Crippen molar-refractivity contribution in [1.82, 2.24) is 0 Å². The highest BCUT2D eigenvalue weighted by Crippen LogP contribution is 2.29. The van der Waals surface area contributed by atoms with Crippen LogP contribution in [0.25, 0.3) is 0 Å². The zero-order chi connectivity index (χ0) is 15.9. The van der Waals surface area contributed by atoms with Crippen molar-refractivity contribution >= 4 is 23.7 Å². The third-order valence-electron chi connectivity index (χ3n) is 2.75. The molecule has 0 rings (SSSR count). The van der Waals surface area contributed by atoms with Crippen LogP contribution in [0.1, 0.15) is 33.1 Å². The van der Waals surface area contributed by atoms with Crippen LogP contribution in [-0.2, 0) is 23.9 Å². The van der Waals surface area contributed by atoms with Gasteiger partial charge < -0.3 is 20.1 Å². The minimum absolute atomic E-state index is 0.146. The summed E-state index contributed by atoms with van der Waals surface area (Å²) in [5.74, 6) is -8.11. The lowest BCUT2D eigenvalue weighted by atomic mass is 9.81. The van der Waals surface area contributed by atoms with E-state index in [-0.39, 0.29) is 6.61 Å². The van der Waals surface area contributed by atoms with Crippen molar-refractivity contribution < 1.29 is 39.2 Å². The molecule has 114 valence electrons. The zero-order valence-corrected chi connectivity index (χ0v) is 11.3. The first-order chi connectivity index (χ1) is 9.19. The van der Waals surface area contributed by atoms with Crippen molar-refractivity contribution in [3.8, 4) is 0 Å². The summed E-state index contributed by atoms with van der Waals surface area (Å²) in [7, 11) is 0. The Morgan fingerprint density at radius 2 is 1.70 bits per heavy atom. The second kappa shape index (κ2) is 7.59. The Hall–Kier alpha value is -1.96. The molecule has 0 aliphatic rings. The van der Waals surface area contributed by atoms with Gasteiger partial charge in [-0.15, -0.1) is 0 Å². The molecule has 0 spiro atoms. The first kappa shape index (κ1) is 18.0. The summed E-state index contributed by atoms with van der Waals surface area (Å²) in [5, 5.41) is 27.1. The average Bonchev–Trinajstić information content (AvgIpc) is 2.26. The third kappa shape index (κ3) is 4.30. The maximum absolute atomic E-state index is 11.4.